The van der Waals surface area contributed by atoms with Crippen molar-refractivity contribution in [1.82, 2.24) is 0 Å². The van der Waals surface area contributed by atoms with Gasteiger partial charge in [-0.2, -0.15) is 0 Å². The Morgan fingerprint density at radius 2 is 0.333 bits per heavy atom. The van der Waals surface area contributed by atoms with Gasteiger partial charge in [-0.15, -0.1) is 0 Å². The van der Waals surface area contributed by atoms with Crippen LogP contribution in [0.3, 0.4) is 0 Å². The Bertz CT molecular complexity index is 841. The Balaban J connectivity index is 1.48. The molecule has 8 nitrogen and oxygen atoms in total. The molecule has 0 N–H and O–H groups in total. The average molecular weight is 673 g/mol. The first-order valence-corrected chi connectivity index (χ1v) is 18.4. The molecule has 7 unspecified atom stereocenters. The molecule has 16 atom stereocenters. The van der Waals surface area contributed by atoms with Crippen LogP contribution < -0.4 is 0 Å². The van der Waals surface area contributed by atoms with Gasteiger partial charge in [-0.3, -0.25) is 0 Å². The molecule has 0 aromatic rings. The van der Waals surface area contributed by atoms with Gasteiger partial charge >= 0.3 is 0 Å². The van der Waals surface area contributed by atoms with Crippen molar-refractivity contribution >= 4 is 0 Å². The van der Waals surface area contributed by atoms with E-state index in [-0.39, 0.29) is 96.2 Å². The van der Waals surface area contributed by atoms with Gasteiger partial charge in [0.25, 0.3) is 0 Å². The minimum Gasteiger partial charge on any atom is -0.381 e. The third kappa shape index (κ3) is 8.74. The van der Waals surface area contributed by atoms with E-state index in [1.54, 1.807) is 0 Å². The van der Waals surface area contributed by atoms with Crippen molar-refractivity contribution in [3.63, 3.8) is 0 Å². The van der Waals surface area contributed by atoms with Gasteiger partial charge in [0.1, 0.15) is 0 Å². The Hall–Kier alpha value is -1.36. The van der Waals surface area contributed by atoms with Crippen LogP contribution in [-0.2, 0) is 37.9 Å². The van der Waals surface area contributed by atoms with Gasteiger partial charge < -0.3 is 37.9 Å². The fourth-order valence-corrected chi connectivity index (χ4v) is 9.69. The zero-order valence-electron chi connectivity index (χ0n) is 30.8. The first kappa shape index (κ1) is 37.9. The second-order valence-electron chi connectivity index (χ2n) is 14.9. The topological polar surface area (TPSA) is 73.8 Å². The van der Waals surface area contributed by atoms with Gasteiger partial charge in [0.15, 0.2) is 0 Å². The van der Waals surface area contributed by atoms with Crippen molar-refractivity contribution in [2.45, 2.75) is 100 Å². The number of hydrogen-bond donors (Lipinski definition) is 0. The van der Waals surface area contributed by atoms with Gasteiger partial charge in [-0.25, -0.2) is 0 Å². The molecule has 48 heavy (non-hydrogen) atoms. The molecule has 0 saturated heterocycles. The van der Waals surface area contributed by atoms with E-state index in [1.165, 1.54) is 0 Å². The molecule has 272 valence electrons. The quantitative estimate of drug-likeness (QED) is 0.273. The van der Waals surface area contributed by atoms with Crippen LogP contribution in [0.1, 0.15) is 51.4 Å². The molecule has 8 heteroatoms. The zero-order chi connectivity index (χ0) is 34.2. The number of rotatable bonds is 8. The van der Waals surface area contributed by atoms with Crippen molar-refractivity contribution in [3.8, 4) is 0 Å². The van der Waals surface area contributed by atoms with Crippen molar-refractivity contribution in [3.05, 3.63) is 48.6 Å². The van der Waals surface area contributed by atoms with E-state index in [2.05, 4.69) is 48.6 Å². The second kappa shape index (κ2) is 18.2. The summed E-state index contributed by atoms with van der Waals surface area (Å²) in [6.07, 6.45) is 27.4. The van der Waals surface area contributed by atoms with Crippen LogP contribution in [0.25, 0.3) is 0 Å². The molecule has 14 aliphatic carbocycles. The van der Waals surface area contributed by atoms with Crippen molar-refractivity contribution < 1.29 is 37.9 Å². The normalized spacial score (nSPS) is 47.8. The molecule has 0 aliphatic heterocycles. The van der Waals surface area contributed by atoms with Gasteiger partial charge in [0.05, 0.1) is 48.8 Å². The van der Waals surface area contributed by atoms with Gasteiger partial charge in [-0.1, -0.05) is 48.6 Å². The average Bonchev–Trinajstić information content (AvgIpc) is 3.13. The lowest BCUT2D eigenvalue weighted by Crippen LogP contribution is -2.42. The van der Waals surface area contributed by atoms with Crippen LogP contribution in [0.4, 0.5) is 0 Å². The maximum Gasteiger partial charge on any atom is 0.0641 e. The smallest absolute Gasteiger partial charge is 0.0641 e. The lowest BCUT2D eigenvalue weighted by Gasteiger charge is -2.41. The summed E-state index contributed by atoms with van der Waals surface area (Å²) in [6.45, 7) is 0. The first-order chi connectivity index (χ1) is 23.4. The third-order valence-electron chi connectivity index (χ3n) is 12.7. The predicted octanol–water partition coefficient (Wildman–Crippen LogP) is 6.45. The highest BCUT2D eigenvalue weighted by Crippen LogP contribution is 2.42. The minimum atomic E-state index is 0.122. The van der Waals surface area contributed by atoms with E-state index < -0.39 is 0 Å². The van der Waals surface area contributed by atoms with E-state index in [9.17, 15) is 0 Å². The lowest BCUT2D eigenvalue weighted by molar-refractivity contribution is -0.0509. The summed E-state index contributed by atoms with van der Waals surface area (Å²) < 4.78 is 49.0. The molecule has 14 aliphatic rings. The van der Waals surface area contributed by atoms with Crippen molar-refractivity contribution in [1.29, 1.82) is 0 Å². The highest BCUT2D eigenvalue weighted by molar-refractivity contribution is 5.13. The SMILES string of the molecule is COC1C[C@@H]2/C=C\[C@H]3CC(OC)[C@@H](/C=C\[C@H]4CC(OC)[C@@H](/C=C\[C@H]5CC(OC)[C@@H](/C=C\[C@H]1CC2OC)CC5OC)C[C@H]4OC)CC3OC. The van der Waals surface area contributed by atoms with Crippen molar-refractivity contribution in [2.75, 3.05) is 56.9 Å². The number of hydrogen-bond acceptors (Lipinski definition) is 8. The molecule has 0 aromatic heterocycles. The summed E-state index contributed by atoms with van der Waals surface area (Å²) in [7, 11) is 14.8. The van der Waals surface area contributed by atoms with E-state index in [1.807, 2.05) is 56.9 Å². The van der Waals surface area contributed by atoms with Gasteiger partial charge in [-0.05, 0) is 51.4 Å². The van der Waals surface area contributed by atoms with Crippen LogP contribution in [0, 0.1) is 47.3 Å². The fraction of sp³-hybridized carbons (Fsp3) is 0.800. The van der Waals surface area contributed by atoms with Crippen LogP contribution in [0.2, 0.25) is 0 Å². The second-order valence-corrected chi connectivity index (χ2v) is 14.9. The Morgan fingerprint density at radius 3 is 0.417 bits per heavy atom. The summed E-state index contributed by atoms with van der Waals surface area (Å²) in [5.41, 5.74) is 0. The molecule has 4 saturated carbocycles. The largest absolute Gasteiger partial charge is 0.381 e. The zero-order valence-corrected chi connectivity index (χ0v) is 30.8. The standard InChI is InChI=1S/C40H64O8/c1-41-33-17-26-11-12-28-20-38(46-6)30(22-37(28)45-5)15-16-32-24-39(47-7)31(23-40(32)48-8)14-13-29-21-35(43-3)27(19-36(29)44-4)10-9-25(33)18-34(26)42-2/h9-16,25-40H,17-24H2,1-8H3/b10-9-,12-11-,14-13-,16-15-/t25-,26-,27-,28-,29-,30-,31-,32-,33+,34?,35?,36?,37?,38?,39?,40?/m0/s1. The lowest BCUT2D eigenvalue weighted by atomic mass is 9.72. The maximum absolute atomic E-state index is 6.13. The molecule has 0 radical (unpaired) electrons. The molecular weight excluding hydrogens is 608 g/mol. The minimum absolute atomic E-state index is 0.122. The van der Waals surface area contributed by atoms with Crippen LogP contribution in [0.15, 0.2) is 48.6 Å². The highest BCUT2D eigenvalue weighted by atomic mass is 16.5. The molecule has 0 heterocycles. The van der Waals surface area contributed by atoms with Gasteiger partial charge in [0, 0.05) is 104 Å². The molecule has 0 aromatic carbocycles. The fourth-order valence-electron chi connectivity index (χ4n) is 9.69. The number of methoxy groups -OCH3 is 8. The summed E-state index contributed by atoms with van der Waals surface area (Å²) in [5.74, 6) is 2.17. The maximum atomic E-state index is 6.13. The Labute approximate surface area is 290 Å². The molecule has 4 fully saturated rings. The summed E-state index contributed by atoms with van der Waals surface area (Å²) in [4.78, 5) is 0. The molecular formula is C40H64O8. The van der Waals surface area contributed by atoms with Crippen LogP contribution in [0.5, 0.6) is 0 Å². The summed E-state index contributed by atoms with van der Waals surface area (Å²) in [6, 6.07) is 0. The summed E-state index contributed by atoms with van der Waals surface area (Å²) >= 11 is 0. The van der Waals surface area contributed by atoms with Crippen molar-refractivity contribution in [2.24, 2.45) is 47.3 Å². The van der Waals surface area contributed by atoms with Crippen LogP contribution >= 0.6 is 0 Å². The monoisotopic (exact) mass is 672 g/mol. The molecule has 0 spiro atoms. The summed E-state index contributed by atoms with van der Waals surface area (Å²) in [5, 5.41) is 0. The van der Waals surface area contributed by atoms with E-state index in [0.29, 0.717) is 0 Å². The number of ether oxygens (including phenoxy) is 8. The van der Waals surface area contributed by atoms with E-state index >= 15 is 0 Å². The molecule has 14 rings (SSSR count). The van der Waals surface area contributed by atoms with E-state index in [4.69, 9.17) is 37.9 Å². The predicted molar refractivity (Wildman–Crippen MR) is 188 cm³/mol. The van der Waals surface area contributed by atoms with Gasteiger partial charge in [0.2, 0.25) is 0 Å². The van der Waals surface area contributed by atoms with E-state index in [0.717, 1.165) is 51.4 Å². The molecule has 8 bridgehead atoms. The highest BCUT2D eigenvalue weighted by Gasteiger charge is 2.41. The Kier molecular flexibility index (Phi) is 14.4. The first-order valence-electron chi connectivity index (χ1n) is 18.4. The Morgan fingerprint density at radius 1 is 0.229 bits per heavy atom. The van der Waals surface area contributed by atoms with Crippen LogP contribution in [-0.4, -0.2) is 106 Å². The third-order valence-corrected chi connectivity index (χ3v) is 12.7. The molecule has 0 amide bonds.